The second-order valence-electron chi connectivity index (χ2n) is 8.18. The summed E-state index contributed by atoms with van der Waals surface area (Å²) in [5.74, 6) is 1.08. The summed E-state index contributed by atoms with van der Waals surface area (Å²) >= 11 is 0. The van der Waals surface area contributed by atoms with Gasteiger partial charge in [-0.05, 0) is 37.5 Å². The molecule has 1 amide bonds. The van der Waals surface area contributed by atoms with E-state index < -0.39 is 0 Å². The van der Waals surface area contributed by atoms with Gasteiger partial charge in [0.05, 0.1) is 35.9 Å². The Hall–Kier alpha value is -2.99. The van der Waals surface area contributed by atoms with E-state index in [1.54, 1.807) is 6.92 Å². The van der Waals surface area contributed by atoms with Crippen LogP contribution in [0.1, 0.15) is 50.6 Å². The van der Waals surface area contributed by atoms with Crippen molar-refractivity contribution in [3.63, 3.8) is 0 Å². The second-order valence-corrected chi connectivity index (χ2v) is 8.18. The fourth-order valence-electron chi connectivity index (χ4n) is 4.70. The van der Waals surface area contributed by atoms with Crippen molar-refractivity contribution in [3.05, 3.63) is 64.7 Å². The summed E-state index contributed by atoms with van der Waals surface area (Å²) in [6.07, 6.45) is 4.57. The number of hydrogen-bond acceptors (Lipinski definition) is 5. The number of furan rings is 1. The summed E-state index contributed by atoms with van der Waals surface area (Å²) in [7, 11) is 0. The number of ether oxygens (including phenoxy) is 1. The third-order valence-corrected chi connectivity index (χ3v) is 6.21. The van der Waals surface area contributed by atoms with Crippen molar-refractivity contribution in [2.75, 3.05) is 13.2 Å². The maximum atomic E-state index is 13.1. The molecule has 0 bridgehead atoms. The highest BCUT2D eigenvalue weighted by Gasteiger charge is 2.34. The molecule has 5 rings (SSSR count). The van der Waals surface area contributed by atoms with E-state index in [0.717, 1.165) is 23.7 Å². The van der Waals surface area contributed by atoms with Gasteiger partial charge in [-0.15, -0.1) is 0 Å². The van der Waals surface area contributed by atoms with Crippen LogP contribution in [-0.2, 0) is 17.6 Å². The van der Waals surface area contributed by atoms with Crippen LogP contribution in [0, 0.1) is 12.8 Å². The first kappa shape index (κ1) is 19.0. The molecule has 0 spiro atoms. The van der Waals surface area contributed by atoms with Crippen LogP contribution in [0.4, 0.5) is 0 Å². The number of benzene rings is 1. The number of nitrogens with zero attached hydrogens (tertiary/aromatic N) is 1. The molecule has 6 nitrogen and oxygen atoms in total. The van der Waals surface area contributed by atoms with Crippen LogP contribution in [0.3, 0.4) is 0 Å². The Morgan fingerprint density at radius 1 is 1.20 bits per heavy atom. The Morgan fingerprint density at radius 2 is 2.07 bits per heavy atom. The van der Waals surface area contributed by atoms with Gasteiger partial charge in [0.25, 0.3) is 5.91 Å². The Morgan fingerprint density at radius 3 is 2.97 bits per heavy atom. The lowest BCUT2D eigenvalue weighted by atomic mass is 9.91. The number of nitrogens with one attached hydrogen (secondary N) is 1. The quantitative estimate of drug-likeness (QED) is 0.718. The van der Waals surface area contributed by atoms with Gasteiger partial charge in [-0.25, -0.2) is 0 Å². The van der Waals surface area contributed by atoms with Gasteiger partial charge in [0.1, 0.15) is 11.5 Å². The van der Waals surface area contributed by atoms with Crippen LogP contribution in [0.5, 0.6) is 0 Å². The number of aromatic nitrogens is 1. The number of aryl methyl sites for hydroxylation is 2. The average Bonchev–Trinajstić information content (AvgIpc) is 3.32. The molecule has 1 saturated heterocycles. The first-order valence-electron chi connectivity index (χ1n) is 10.5. The molecule has 1 aliphatic heterocycles. The minimum atomic E-state index is -0.243. The fourth-order valence-corrected chi connectivity index (χ4v) is 4.70. The normalized spacial score (nSPS) is 21.0. The van der Waals surface area contributed by atoms with Gasteiger partial charge in [-0.2, -0.15) is 0 Å². The van der Waals surface area contributed by atoms with Crippen molar-refractivity contribution in [2.24, 2.45) is 5.92 Å². The van der Waals surface area contributed by atoms with Gasteiger partial charge >= 0.3 is 0 Å². The molecule has 2 atom stereocenters. The van der Waals surface area contributed by atoms with E-state index in [0.29, 0.717) is 48.7 Å². The van der Waals surface area contributed by atoms with E-state index in [1.807, 2.05) is 30.5 Å². The zero-order chi connectivity index (χ0) is 20.7. The topological polar surface area (TPSA) is 81.4 Å². The summed E-state index contributed by atoms with van der Waals surface area (Å²) in [5.41, 5.74) is 3.04. The van der Waals surface area contributed by atoms with Gasteiger partial charge in [0, 0.05) is 30.3 Å². The van der Waals surface area contributed by atoms with Crippen molar-refractivity contribution >= 4 is 22.6 Å². The second kappa shape index (κ2) is 7.69. The van der Waals surface area contributed by atoms with E-state index in [4.69, 9.17) is 9.15 Å². The van der Waals surface area contributed by atoms with Gasteiger partial charge in [0.2, 0.25) is 0 Å². The number of fused-ring (bicyclic) bond motifs is 2. The molecule has 2 aromatic heterocycles. The predicted molar refractivity (Wildman–Crippen MR) is 112 cm³/mol. The van der Waals surface area contributed by atoms with E-state index in [2.05, 4.69) is 16.4 Å². The SMILES string of the molecule is Cc1oc2c(c1C(=O)N[C@H]1COC[C@H]1Cc1ccnc3ccccc13)C(=O)CCC2. The van der Waals surface area contributed by atoms with E-state index >= 15 is 0 Å². The van der Waals surface area contributed by atoms with Crippen LogP contribution in [-0.4, -0.2) is 35.9 Å². The molecule has 0 saturated carbocycles. The highest BCUT2D eigenvalue weighted by molar-refractivity contribution is 6.10. The van der Waals surface area contributed by atoms with Crippen molar-refractivity contribution in [1.29, 1.82) is 0 Å². The fraction of sp³-hybridized carbons (Fsp3) is 0.375. The monoisotopic (exact) mass is 404 g/mol. The standard InChI is InChI=1S/C24H24N2O4/c1-14-22(23-20(27)7-4-8-21(23)30-14)24(28)26-19-13-29-12-16(19)11-15-9-10-25-18-6-3-2-5-17(15)18/h2-3,5-6,9-10,16,19H,4,7-8,11-13H2,1H3,(H,26,28)/t16-,19+/m1/s1. The summed E-state index contributed by atoms with van der Waals surface area (Å²) in [6, 6.07) is 10.00. The van der Waals surface area contributed by atoms with E-state index in [-0.39, 0.29) is 23.7 Å². The Bertz CT molecular complexity index is 1130. The summed E-state index contributed by atoms with van der Waals surface area (Å²) in [6.45, 7) is 2.81. The molecule has 3 aromatic rings. The maximum Gasteiger partial charge on any atom is 0.255 e. The Labute approximate surface area is 174 Å². The minimum Gasteiger partial charge on any atom is -0.465 e. The zero-order valence-electron chi connectivity index (χ0n) is 16.9. The number of Topliss-reactive ketones (excluding diaryl/α,β-unsaturated/α-hetero) is 1. The first-order chi connectivity index (χ1) is 14.6. The molecule has 0 radical (unpaired) electrons. The van der Waals surface area contributed by atoms with Gasteiger partial charge in [-0.1, -0.05) is 18.2 Å². The maximum absolute atomic E-state index is 13.1. The third kappa shape index (κ3) is 3.31. The predicted octanol–water partition coefficient (Wildman–Crippen LogP) is 3.64. The molecule has 1 aromatic carbocycles. The molecule has 1 N–H and O–H groups in total. The molecule has 6 heteroatoms. The van der Waals surface area contributed by atoms with Gasteiger partial charge in [-0.3, -0.25) is 14.6 Å². The largest absolute Gasteiger partial charge is 0.465 e. The smallest absolute Gasteiger partial charge is 0.255 e. The number of carbonyl (C=O) groups is 2. The summed E-state index contributed by atoms with van der Waals surface area (Å²) in [5, 5.41) is 4.25. The Kier molecular flexibility index (Phi) is 4.87. The highest BCUT2D eigenvalue weighted by atomic mass is 16.5. The van der Waals surface area contributed by atoms with Crippen LogP contribution in [0.25, 0.3) is 10.9 Å². The third-order valence-electron chi connectivity index (χ3n) is 6.21. The lowest BCUT2D eigenvalue weighted by molar-refractivity contribution is 0.0907. The number of amides is 1. The van der Waals surface area contributed by atoms with Crippen molar-refractivity contribution in [3.8, 4) is 0 Å². The molecule has 2 aliphatic rings. The average molecular weight is 404 g/mol. The number of para-hydroxylation sites is 1. The van der Waals surface area contributed by atoms with Crippen LogP contribution >= 0.6 is 0 Å². The molecular weight excluding hydrogens is 380 g/mol. The van der Waals surface area contributed by atoms with Crippen LogP contribution < -0.4 is 5.32 Å². The lowest BCUT2D eigenvalue weighted by Crippen LogP contribution is -2.41. The Balaban J connectivity index is 1.37. The molecule has 0 unspecified atom stereocenters. The zero-order valence-corrected chi connectivity index (χ0v) is 16.9. The molecule has 30 heavy (non-hydrogen) atoms. The molecular formula is C24H24N2O4. The first-order valence-corrected chi connectivity index (χ1v) is 10.5. The van der Waals surface area contributed by atoms with E-state index in [9.17, 15) is 9.59 Å². The van der Waals surface area contributed by atoms with Gasteiger partial charge in [0.15, 0.2) is 5.78 Å². The summed E-state index contributed by atoms with van der Waals surface area (Å²) in [4.78, 5) is 30.0. The van der Waals surface area contributed by atoms with Crippen LogP contribution in [0.15, 0.2) is 40.9 Å². The molecule has 1 fully saturated rings. The van der Waals surface area contributed by atoms with Crippen molar-refractivity contribution in [1.82, 2.24) is 10.3 Å². The molecule has 154 valence electrons. The minimum absolute atomic E-state index is 0.000673. The number of pyridine rings is 1. The number of rotatable bonds is 4. The van der Waals surface area contributed by atoms with Crippen molar-refractivity contribution < 1.29 is 18.7 Å². The van der Waals surface area contributed by atoms with Crippen LogP contribution in [0.2, 0.25) is 0 Å². The number of ketones is 1. The summed E-state index contributed by atoms with van der Waals surface area (Å²) < 4.78 is 11.5. The lowest BCUT2D eigenvalue weighted by Gasteiger charge is -2.20. The molecule has 1 aliphatic carbocycles. The highest BCUT2D eigenvalue weighted by Crippen LogP contribution is 2.30. The van der Waals surface area contributed by atoms with E-state index in [1.165, 1.54) is 5.56 Å². The number of carbonyl (C=O) groups excluding carboxylic acids is 2. The molecule has 3 heterocycles. The number of hydrogen-bond donors (Lipinski definition) is 1. The van der Waals surface area contributed by atoms with Gasteiger partial charge < -0.3 is 14.5 Å². The van der Waals surface area contributed by atoms with Crippen molar-refractivity contribution in [2.45, 2.75) is 38.6 Å².